The van der Waals surface area contributed by atoms with Crippen LogP contribution in [0.15, 0.2) is 0 Å². The summed E-state index contributed by atoms with van der Waals surface area (Å²) >= 11 is 0. The van der Waals surface area contributed by atoms with E-state index in [-0.39, 0.29) is 0 Å². The average Bonchev–Trinajstić information content (AvgIpc) is 3.69. The summed E-state index contributed by atoms with van der Waals surface area (Å²) in [7, 11) is 0. The van der Waals surface area contributed by atoms with Crippen molar-refractivity contribution in [1.82, 2.24) is 0 Å². The Morgan fingerprint density at radius 2 is 0.806 bits per heavy atom. The third kappa shape index (κ3) is 4.22. The van der Waals surface area contributed by atoms with Gasteiger partial charge in [-0.2, -0.15) is 0 Å². The maximum atomic E-state index is 6.29. The van der Waals surface area contributed by atoms with Crippen molar-refractivity contribution in [1.29, 1.82) is 0 Å². The maximum absolute atomic E-state index is 6.29. The molecule has 0 saturated carbocycles. The van der Waals surface area contributed by atoms with E-state index < -0.39 is 0 Å². The van der Waals surface area contributed by atoms with Gasteiger partial charge < -0.3 is 28.4 Å². The van der Waals surface area contributed by atoms with E-state index in [0.29, 0.717) is 66.1 Å². The van der Waals surface area contributed by atoms with Crippen molar-refractivity contribution in [3.05, 3.63) is 55.6 Å². The van der Waals surface area contributed by atoms with Gasteiger partial charge in [0.15, 0.2) is 0 Å². The molecule has 0 bridgehead atoms. The van der Waals surface area contributed by atoms with Crippen LogP contribution in [-0.4, -0.2) is 13.2 Å². The molecular formula is C30H38O6. The molecule has 0 aliphatic carbocycles. The summed E-state index contributed by atoms with van der Waals surface area (Å²) in [5.74, 6) is 0. The fourth-order valence-electron chi connectivity index (χ4n) is 6.21. The summed E-state index contributed by atoms with van der Waals surface area (Å²) in [6, 6.07) is 0. The molecule has 194 valence electrons. The highest BCUT2D eigenvalue weighted by Crippen LogP contribution is 2.49. The topological polar surface area (TPSA) is 55.4 Å². The molecule has 36 heavy (non-hydrogen) atoms. The normalized spacial score (nSPS) is 17.5. The lowest BCUT2D eigenvalue weighted by Gasteiger charge is -2.25. The van der Waals surface area contributed by atoms with Gasteiger partial charge in [0.25, 0.3) is 0 Å². The molecule has 6 heteroatoms. The van der Waals surface area contributed by atoms with E-state index >= 15 is 0 Å². The van der Waals surface area contributed by atoms with Crippen molar-refractivity contribution in [2.45, 2.75) is 106 Å². The minimum atomic E-state index is 0.591. The minimum Gasteiger partial charge on any atom is -0.377 e. The van der Waals surface area contributed by atoms with Gasteiger partial charge in [-0.25, -0.2) is 0 Å². The third-order valence-corrected chi connectivity index (χ3v) is 8.12. The first-order chi connectivity index (χ1) is 17.8. The summed E-state index contributed by atoms with van der Waals surface area (Å²) in [6.07, 6.45) is 4.39. The van der Waals surface area contributed by atoms with E-state index in [9.17, 15) is 0 Å². The Morgan fingerprint density at radius 3 is 1.19 bits per heavy atom. The van der Waals surface area contributed by atoms with Gasteiger partial charge in [0.05, 0.1) is 66.1 Å². The predicted octanol–water partition coefficient (Wildman–Crippen LogP) is 6.11. The van der Waals surface area contributed by atoms with Gasteiger partial charge in [-0.15, -0.1) is 0 Å². The number of hydrogen-bond acceptors (Lipinski definition) is 6. The van der Waals surface area contributed by atoms with Gasteiger partial charge in [-0.3, -0.25) is 0 Å². The third-order valence-electron chi connectivity index (χ3n) is 8.12. The number of rotatable bonds is 11. The van der Waals surface area contributed by atoms with E-state index in [1.54, 1.807) is 0 Å². The maximum Gasteiger partial charge on any atom is 0.0731 e. The quantitative estimate of drug-likeness (QED) is 0.352. The lowest BCUT2D eigenvalue weighted by atomic mass is 9.79. The Kier molecular flexibility index (Phi) is 7.43. The van der Waals surface area contributed by atoms with Gasteiger partial charge in [-0.05, 0) is 79.6 Å². The van der Waals surface area contributed by atoms with E-state index in [2.05, 4.69) is 13.8 Å². The molecule has 4 heterocycles. The van der Waals surface area contributed by atoms with E-state index in [1.807, 2.05) is 0 Å². The zero-order chi connectivity index (χ0) is 24.5. The zero-order valence-electron chi connectivity index (χ0n) is 21.8. The van der Waals surface area contributed by atoms with Gasteiger partial charge in [0.1, 0.15) is 0 Å². The number of fused-ring (bicyclic) bond motifs is 6. The molecule has 6 nitrogen and oxygen atoms in total. The molecule has 2 aromatic carbocycles. The van der Waals surface area contributed by atoms with Crippen LogP contribution in [0.2, 0.25) is 0 Å². The highest BCUT2D eigenvalue weighted by Gasteiger charge is 2.36. The Labute approximate surface area is 214 Å². The van der Waals surface area contributed by atoms with Crippen molar-refractivity contribution in [3.63, 3.8) is 0 Å². The monoisotopic (exact) mass is 494 g/mol. The average molecular weight is 495 g/mol. The van der Waals surface area contributed by atoms with E-state index in [1.165, 1.54) is 66.8 Å². The summed E-state index contributed by atoms with van der Waals surface area (Å²) < 4.78 is 36.8. The second-order valence-electron chi connectivity index (χ2n) is 10.3. The fraction of sp³-hybridized carbons (Fsp3) is 0.600. The number of ether oxygens (including phenoxy) is 6. The molecule has 0 spiro atoms. The first-order valence-corrected chi connectivity index (χ1v) is 13.7. The smallest absolute Gasteiger partial charge is 0.0731 e. The van der Waals surface area contributed by atoms with Crippen LogP contribution in [0.4, 0.5) is 0 Å². The number of hydrogen-bond donors (Lipinski definition) is 0. The Balaban J connectivity index is 1.56. The molecule has 0 atom stereocenters. The van der Waals surface area contributed by atoms with Gasteiger partial charge in [0.2, 0.25) is 0 Å². The van der Waals surface area contributed by atoms with Crippen LogP contribution in [0, 0.1) is 0 Å². The lowest BCUT2D eigenvalue weighted by Crippen LogP contribution is -2.12. The first-order valence-electron chi connectivity index (χ1n) is 13.7. The van der Waals surface area contributed by atoms with E-state index in [0.717, 1.165) is 38.9 Å². The molecule has 0 saturated heterocycles. The summed E-state index contributed by atoms with van der Waals surface area (Å²) in [5.41, 5.74) is 15.6. The molecule has 4 aliphatic heterocycles. The second-order valence-corrected chi connectivity index (χ2v) is 10.3. The molecule has 0 unspecified atom stereocenters. The fourth-order valence-corrected chi connectivity index (χ4v) is 6.21. The van der Waals surface area contributed by atoms with Crippen molar-refractivity contribution < 1.29 is 28.4 Å². The molecule has 4 aliphatic rings. The van der Waals surface area contributed by atoms with Crippen LogP contribution < -0.4 is 0 Å². The van der Waals surface area contributed by atoms with Crippen LogP contribution in [0.3, 0.4) is 0 Å². The molecule has 0 fully saturated rings. The van der Waals surface area contributed by atoms with Gasteiger partial charge in [-0.1, -0.05) is 26.7 Å². The van der Waals surface area contributed by atoms with Crippen molar-refractivity contribution >= 4 is 0 Å². The van der Waals surface area contributed by atoms with Crippen molar-refractivity contribution in [3.8, 4) is 11.1 Å². The SMILES string of the molecule is CCCCOCc1c2c(c3c(c1-c1c(COCCCC)c4c(c5c1COC5)COC4)COC3)COC2. The molecule has 0 N–H and O–H groups in total. The molecule has 2 aromatic rings. The predicted molar refractivity (Wildman–Crippen MR) is 135 cm³/mol. The summed E-state index contributed by atoms with van der Waals surface area (Å²) in [6.45, 7) is 12.3. The number of benzene rings is 2. The zero-order valence-corrected chi connectivity index (χ0v) is 21.8. The summed E-state index contributed by atoms with van der Waals surface area (Å²) in [4.78, 5) is 0. The van der Waals surface area contributed by atoms with Crippen molar-refractivity contribution in [2.24, 2.45) is 0 Å². The van der Waals surface area contributed by atoms with Gasteiger partial charge >= 0.3 is 0 Å². The second kappa shape index (κ2) is 10.9. The molecule has 0 aromatic heterocycles. The Bertz CT molecular complexity index is 1050. The number of unbranched alkanes of at least 4 members (excludes halogenated alkanes) is 2. The molecule has 0 amide bonds. The van der Waals surface area contributed by atoms with Crippen LogP contribution in [0.5, 0.6) is 0 Å². The minimum absolute atomic E-state index is 0.591. The largest absolute Gasteiger partial charge is 0.377 e. The Morgan fingerprint density at radius 1 is 0.472 bits per heavy atom. The van der Waals surface area contributed by atoms with Crippen molar-refractivity contribution in [2.75, 3.05) is 13.2 Å². The molecule has 6 rings (SSSR count). The standard InChI is InChI=1S/C30H38O6/c1-3-5-7-31-15-25-21-11-33-9-19(21)23-13-35-17-27(23)29(25)30-26(16-32-8-6-4-2)22-12-34-10-20(22)24-14-36-18-28(24)30/h3-18H2,1-2H3. The molecular weight excluding hydrogens is 456 g/mol. The Hall–Kier alpha value is -1.80. The van der Waals surface area contributed by atoms with Crippen LogP contribution in [0.1, 0.15) is 95.2 Å². The highest BCUT2D eigenvalue weighted by atomic mass is 16.5. The van der Waals surface area contributed by atoms with Crippen LogP contribution in [-0.2, 0) is 94.5 Å². The molecule has 0 radical (unpaired) electrons. The van der Waals surface area contributed by atoms with Crippen LogP contribution >= 0.6 is 0 Å². The summed E-state index contributed by atoms with van der Waals surface area (Å²) in [5, 5.41) is 0. The first kappa shape index (κ1) is 24.5. The highest BCUT2D eigenvalue weighted by molar-refractivity contribution is 5.83. The lowest BCUT2D eigenvalue weighted by molar-refractivity contribution is 0.111. The van der Waals surface area contributed by atoms with E-state index in [4.69, 9.17) is 28.4 Å². The van der Waals surface area contributed by atoms with Gasteiger partial charge in [0, 0.05) is 13.2 Å². The van der Waals surface area contributed by atoms with Crippen LogP contribution in [0.25, 0.3) is 11.1 Å².